The standard InChI is InChI=1S/C11H12N2O2.C9H11NO3.C3H4O3.C2H4O2/c12-9(11(14)15)5-7-6-13-10-4-2-1-3-8(7)10;10-8(9(12)13)5-6-1-3-7(11)4-2-6;1-2(4)3(5)6;1-2(3)4/h1-4,6,9,13H,5,12H2,(H,14,15);1-4,8,11H,5,10H2,(H,12,13);1H3,(H,5,6);1H3,(H,3,4). The van der Waals surface area contributed by atoms with Gasteiger partial charge in [-0.2, -0.15) is 0 Å². The number of aromatic hydroxyl groups is 1. The van der Waals surface area contributed by atoms with Crippen LogP contribution in [0.4, 0.5) is 0 Å². The van der Waals surface area contributed by atoms with E-state index >= 15 is 0 Å². The van der Waals surface area contributed by atoms with Crippen molar-refractivity contribution in [3.05, 3.63) is 65.9 Å². The molecule has 206 valence electrons. The third-order valence-corrected chi connectivity index (χ3v) is 4.44. The maximum atomic E-state index is 10.6. The first kappa shape index (κ1) is 33.2. The van der Waals surface area contributed by atoms with Gasteiger partial charge >= 0.3 is 17.9 Å². The molecule has 0 bridgehead atoms. The van der Waals surface area contributed by atoms with E-state index < -0.39 is 41.7 Å². The van der Waals surface area contributed by atoms with Crippen LogP contribution in [0.1, 0.15) is 25.0 Å². The van der Waals surface area contributed by atoms with Crippen LogP contribution in [0.25, 0.3) is 10.9 Å². The molecule has 1 aromatic heterocycles. The van der Waals surface area contributed by atoms with Crippen LogP contribution in [0, 0.1) is 0 Å². The minimum atomic E-state index is -1.38. The fourth-order valence-corrected chi connectivity index (χ4v) is 2.60. The molecule has 0 saturated carbocycles. The van der Waals surface area contributed by atoms with Crippen molar-refractivity contribution in [3.8, 4) is 5.75 Å². The van der Waals surface area contributed by atoms with E-state index in [0.29, 0.717) is 6.42 Å². The highest BCUT2D eigenvalue weighted by molar-refractivity contribution is 6.31. The Morgan fingerprint density at radius 3 is 1.68 bits per heavy atom. The number of carboxylic acids is 4. The summed E-state index contributed by atoms with van der Waals surface area (Å²) in [5, 5.41) is 42.3. The van der Waals surface area contributed by atoms with E-state index in [1.54, 1.807) is 12.1 Å². The zero-order valence-corrected chi connectivity index (χ0v) is 20.7. The minimum Gasteiger partial charge on any atom is -0.508 e. The molecule has 3 aromatic rings. The van der Waals surface area contributed by atoms with Crippen molar-refractivity contribution < 1.29 is 49.5 Å². The first-order valence-corrected chi connectivity index (χ1v) is 10.9. The van der Waals surface area contributed by atoms with Crippen molar-refractivity contribution in [3.63, 3.8) is 0 Å². The zero-order valence-electron chi connectivity index (χ0n) is 20.7. The van der Waals surface area contributed by atoms with Crippen molar-refractivity contribution in [2.24, 2.45) is 11.5 Å². The van der Waals surface area contributed by atoms with Crippen LogP contribution in [0.3, 0.4) is 0 Å². The molecule has 13 nitrogen and oxygen atoms in total. The van der Waals surface area contributed by atoms with Crippen LogP contribution >= 0.6 is 0 Å². The second-order valence-corrected chi connectivity index (χ2v) is 7.70. The second kappa shape index (κ2) is 16.8. The van der Waals surface area contributed by atoms with Gasteiger partial charge in [0.2, 0.25) is 5.78 Å². The van der Waals surface area contributed by atoms with Crippen molar-refractivity contribution in [1.82, 2.24) is 4.98 Å². The van der Waals surface area contributed by atoms with Gasteiger partial charge in [-0.25, -0.2) is 4.79 Å². The average molecular weight is 534 g/mol. The van der Waals surface area contributed by atoms with Crippen LogP contribution in [0.2, 0.25) is 0 Å². The van der Waals surface area contributed by atoms with Crippen molar-refractivity contribution in [2.75, 3.05) is 0 Å². The Bertz CT molecular complexity index is 1210. The number of benzene rings is 2. The number of ketones is 1. The summed E-state index contributed by atoms with van der Waals surface area (Å²) in [7, 11) is 0. The van der Waals surface area contributed by atoms with E-state index in [1.807, 2.05) is 30.5 Å². The van der Waals surface area contributed by atoms with Crippen molar-refractivity contribution in [2.45, 2.75) is 38.8 Å². The monoisotopic (exact) mass is 533 g/mol. The van der Waals surface area contributed by atoms with E-state index in [1.165, 1.54) is 12.1 Å². The molecular weight excluding hydrogens is 502 g/mol. The number of aromatic nitrogens is 1. The molecule has 0 aliphatic carbocycles. The summed E-state index contributed by atoms with van der Waals surface area (Å²) in [5.41, 5.74) is 13.6. The van der Waals surface area contributed by atoms with E-state index in [2.05, 4.69) is 4.98 Å². The van der Waals surface area contributed by atoms with Gasteiger partial charge < -0.3 is 42.0 Å². The Balaban J connectivity index is 0.000000540. The van der Waals surface area contributed by atoms with Gasteiger partial charge in [-0.15, -0.1) is 0 Å². The molecule has 10 N–H and O–H groups in total. The Morgan fingerprint density at radius 1 is 0.789 bits per heavy atom. The number of hydrogen-bond donors (Lipinski definition) is 8. The number of carboxylic acid groups (broad SMARTS) is 4. The number of hydrogen-bond acceptors (Lipinski definition) is 8. The molecule has 2 unspecified atom stereocenters. The van der Waals surface area contributed by atoms with E-state index in [4.69, 9.17) is 41.8 Å². The van der Waals surface area contributed by atoms with Gasteiger partial charge in [0.25, 0.3) is 5.97 Å². The summed E-state index contributed by atoms with van der Waals surface area (Å²) < 4.78 is 0. The number of aromatic amines is 1. The predicted molar refractivity (Wildman–Crippen MR) is 137 cm³/mol. The molecular formula is C25H31N3O10. The number of rotatable bonds is 7. The Hall–Kier alpha value is -4.75. The molecule has 2 atom stereocenters. The maximum Gasteiger partial charge on any atom is 0.371 e. The van der Waals surface area contributed by atoms with Crippen LogP contribution < -0.4 is 11.5 Å². The summed E-state index contributed by atoms with van der Waals surface area (Å²) in [6, 6.07) is 12.3. The Labute approximate surface area is 217 Å². The lowest BCUT2D eigenvalue weighted by Gasteiger charge is -2.05. The number of phenolic OH excluding ortho intramolecular Hbond substituents is 1. The molecule has 3 rings (SSSR count). The lowest BCUT2D eigenvalue weighted by molar-refractivity contribution is -0.148. The number of phenols is 1. The van der Waals surface area contributed by atoms with Crippen LogP contribution in [0.5, 0.6) is 5.75 Å². The molecule has 2 aromatic carbocycles. The maximum absolute atomic E-state index is 10.6. The summed E-state index contributed by atoms with van der Waals surface area (Å²) >= 11 is 0. The molecule has 0 saturated heterocycles. The Kier molecular flexibility index (Phi) is 14.7. The molecule has 0 aliphatic rings. The van der Waals surface area contributed by atoms with Crippen LogP contribution in [-0.4, -0.2) is 72.3 Å². The molecule has 0 radical (unpaired) electrons. The number of H-pyrrole nitrogens is 1. The number of nitrogens with two attached hydrogens (primary N) is 2. The van der Waals surface area contributed by atoms with E-state index in [9.17, 15) is 19.2 Å². The summed E-state index contributed by atoms with van der Waals surface area (Å²) in [4.78, 5) is 52.0. The van der Waals surface area contributed by atoms with Crippen molar-refractivity contribution >= 4 is 40.6 Å². The molecule has 1 heterocycles. The fourth-order valence-electron chi connectivity index (χ4n) is 2.60. The SMILES string of the molecule is CC(=O)C(=O)O.CC(=O)O.NC(Cc1c[nH]c2ccccc12)C(=O)O.NC(Cc1ccc(O)cc1)C(=O)O. The smallest absolute Gasteiger partial charge is 0.371 e. The normalized spacial score (nSPS) is 11.2. The van der Waals surface area contributed by atoms with Gasteiger partial charge in [0.05, 0.1) is 0 Å². The molecule has 0 amide bonds. The molecule has 13 heteroatoms. The Morgan fingerprint density at radius 2 is 1.24 bits per heavy atom. The van der Waals surface area contributed by atoms with Gasteiger partial charge in [0.1, 0.15) is 17.8 Å². The fraction of sp³-hybridized carbons (Fsp3) is 0.240. The molecule has 38 heavy (non-hydrogen) atoms. The number of Topliss-reactive ketones (excluding diaryl/α,β-unsaturated/α-hetero) is 1. The third kappa shape index (κ3) is 14.0. The topological polar surface area (TPSA) is 254 Å². The highest BCUT2D eigenvalue weighted by atomic mass is 16.4. The molecule has 0 spiro atoms. The highest BCUT2D eigenvalue weighted by Gasteiger charge is 2.14. The summed E-state index contributed by atoms with van der Waals surface area (Å²) in [6.45, 7) is 2.09. The number of carbonyl (C=O) groups excluding carboxylic acids is 1. The van der Waals surface area contributed by atoms with Gasteiger partial charge in [0.15, 0.2) is 0 Å². The zero-order chi connectivity index (χ0) is 29.4. The van der Waals surface area contributed by atoms with Gasteiger partial charge in [0, 0.05) is 37.4 Å². The first-order valence-electron chi connectivity index (χ1n) is 10.9. The van der Waals surface area contributed by atoms with Crippen LogP contribution in [-0.2, 0) is 36.8 Å². The van der Waals surface area contributed by atoms with Crippen molar-refractivity contribution in [1.29, 1.82) is 0 Å². The van der Waals surface area contributed by atoms with Gasteiger partial charge in [-0.05, 0) is 35.7 Å². The molecule has 0 aliphatic heterocycles. The second-order valence-electron chi connectivity index (χ2n) is 7.70. The molecule has 0 fully saturated rings. The minimum absolute atomic E-state index is 0.160. The third-order valence-electron chi connectivity index (χ3n) is 4.44. The predicted octanol–water partition coefficient (Wildman–Crippen LogP) is 1.22. The lowest BCUT2D eigenvalue weighted by Crippen LogP contribution is -2.32. The van der Waals surface area contributed by atoms with E-state index in [0.717, 1.165) is 35.9 Å². The van der Waals surface area contributed by atoms with Crippen LogP contribution in [0.15, 0.2) is 54.7 Å². The van der Waals surface area contributed by atoms with Gasteiger partial charge in [-0.1, -0.05) is 30.3 Å². The summed E-state index contributed by atoms with van der Waals surface area (Å²) in [5.74, 6) is -4.87. The lowest BCUT2D eigenvalue weighted by atomic mass is 10.1. The number of para-hydroxylation sites is 1. The van der Waals surface area contributed by atoms with Gasteiger partial charge in [-0.3, -0.25) is 19.2 Å². The van der Waals surface area contributed by atoms with E-state index in [-0.39, 0.29) is 12.2 Å². The highest BCUT2D eigenvalue weighted by Crippen LogP contribution is 2.18. The summed E-state index contributed by atoms with van der Waals surface area (Å²) in [6.07, 6.45) is 2.43. The largest absolute Gasteiger partial charge is 0.508 e. The number of aliphatic carboxylic acids is 4. The first-order chi connectivity index (χ1) is 17.6. The average Bonchev–Trinajstić information content (AvgIpc) is 3.23. The number of fused-ring (bicyclic) bond motifs is 1. The number of carbonyl (C=O) groups is 5. The quantitative estimate of drug-likeness (QED) is 0.199. The number of nitrogens with one attached hydrogen (secondary N) is 1.